The molecule has 9 nitrogen and oxygen atoms in total. The van der Waals surface area contributed by atoms with Crippen LogP contribution in [0, 0.1) is 0 Å². The maximum Gasteiger partial charge on any atom is 0.267 e. The molecule has 10 heteroatoms. The number of hydrogen-bond acceptors (Lipinski definition) is 6. The van der Waals surface area contributed by atoms with Crippen LogP contribution in [0.1, 0.15) is 24.0 Å². The van der Waals surface area contributed by atoms with Crippen molar-refractivity contribution >= 4 is 27.5 Å². The van der Waals surface area contributed by atoms with Gasteiger partial charge in [0.15, 0.2) is 0 Å². The third kappa shape index (κ3) is 4.94. The van der Waals surface area contributed by atoms with E-state index < -0.39 is 10.0 Å². The molecular weight excluding hydrogens is 384 g/mol. The van der Waals surface area contributed by atoms with Crippen molar-refractivity contribution in [2.45, 2.75) is 25.1 Å². The number of carbonyl (C=O) groups is 2. The first kappa shape index (κ1) is 20.4. The second-order valence-corrected chi connectivity index (χ2v) is 8.65. The van der Waals surface area contributed by atoms with Gasteiger partial charge >= 0.3 is 0 Å². The molecule has 0 aromatic heterocycles. The van der Waals surface area contributed by atoms with Crippen LogP contribution >= 0.6 is 0 Å². The maximum atomic E-state index is 12.7. The fourth-order valence-electron chi connectivity index (χ4n) is 3.09. The lowest BCUT2D eigenvalue weighted by Gasteiger charge is -2.26. The molecule has 1 N–H and O–H groups in total. The Morgan fingerprint density at radius 2 is 1.86 bits per heavy atom. The minimum atomic E-state index is -3.46. The molecule has 28 heavy (non-hydrogen) atoms. The predicted molar refractivity (Wildman–Crippen MR) is 103 cm³/mol. The van der Waals surface area contributed by atoms with Gasteiger partial charge in [0.05, 0.1) is 19.0 Å². The van der Waals surface area contributed by atoms with E-state index in [1.165, 1.54) is 16.4 Å². The Kier molecular flexibility index (Phi) is 6.42. The highest BCUT2D eigenvalue weighted by molar-refractivity contribution is 7.88. The molecule has 0 aliphatic carbocycles. The van der Waals surface area contributed by atoms with Crippen LogP contribution in [0.3, 0.4) is 0 Å². The summed E-state index contributed by atoms with van der Waals surface area (Å²) in [7, 11) is -1.94. The number of amides is 2. The Labute approximate surface area is 164 Å². The highest BCUT2D eigenvalue weighted by Crippen LogP contribution is 2.17. The van der Waals surface area contributed by atoms with Crippen molar-refractivity contribution < 1.29 is 22.7 Å². The van der Waals surface area contributed by atoms with E-state index in [1.54, 1.807) is 24.3 Å². The van der Waals surface area contributed by atoms with Gasteiger partial charge in [0.1, 0.15) is 5.71 Å². The number of sulfonamides is 1. The van der Waals surface area contributed by atoms with E-state index in [1.807, 2.05) is 0 Å². The topological polar surface area (TPSA) is 108 Å². The van der Waals surface area contributed by atoms with Crippen molar-refractivity contribution in [2.75, 3.05) is 33.4 Å². The average molecular weight is 408 g/mol. The molecule has 2 heterocycles. The summed E-state index contributed by atoms with van der Waals surface area (Å²) >= 11 is 0. The molecule has 2 aliphatic heterocycles. The highest BCUT2D eigenvalue weighted by atomic mass is 32.2. The summed E-state index contributed by atoms with van der Waals surface area (Å²) in [5.41, 5.74) is 1.67. The number of carbonyl (C=O) groups excluding carboxylic acids is 2. The average Bonchev–Trinajstić information content (AvgIpc) is 2.69. The first-order chi connectivity index (χ1) is 13.4. The molecule has 1 aromatic rings. The van der Waals surface area contributed by atoms with Crippen molar-refractivity contribution in [2.24, 2.45) is 5.10 Å². The Balaban J connectivity index is 1.66. The smallest absolute Gasteiger partial charge is 0.267 e. The molecule has 0 atom stereocenters. The monoisotopic (exact) mass is 408 g/mol. The number of nitrogens with one attached hydrogen (secondary N) is 1. The van der Waals surface area contributed by atoms with Crippen molar-refractivity contribution in [1.29, 1.82) is 0 Å². The summed E-state index contributed by atoms with van der Waals surface area (Å²) < 4.78 is 32.0. The van der Waals surface area contributed by atoms with Crippen molar-refractivity contribution in [3.8, 4) is 0 Å². The van der Waals surface area contributed by atoms with Crippen molar-refractivity contribution in [3.63, 3.8) is 0 Å². The van der Waals surface area contributed by atoms with E-state index in [-0.39, 0.29) is 30.5 Å². The second-order valence-electron chi connectivity index (χ2n) is 6.68. The first-order valence-corrected chi connectivity index (χ1v) is 10.7. The van der Waals surface area contributed by atoms with Gasteiger partial charge in [-0.1, -0.05) is 24.3 Å². The van der Waals surface area contributed by atoms with Gasteiger partial charge in [-0.05, 0) is 11.1 Å². The summed E-state index contributed by atoms with van der Waals surface area (Å²) in [5.74, 6) is -0.613. The van der Waals surface area contributed by atoms with E-state index in [0.29, 0.717) is 44.0 Å². The summed E-state index contributed by atoms with van der Waals surface area (Å²) in [4.78, 5) is 23.8. The van der Waals surface area contributed by atoms with Gasteiger partial charge in [-0.3, -0.25) is 9.59 Å². The number of benzene rings is 1. The van der Waals surface area contributed by atoms with Crippen LogP contribution in [0.25, 0.3) is 0 Å². The maximum absolute atomic E-state index is 12.7. The molecule has 0 bridgehead atoms. The number of morpholine rings is 1. The van der Waals surface area contributed by atoms with Crippen LogP contribution in [0.5, 0.6) is 0 Å². The van der Waals surface area contributed by atoms with Gasteiger partial charge in [0, 0.05) is 39.5 Å². The lowest BCUT2D eigenvalue weighted by Crippen LogP contribution is -2.41. The van der Waals surface area contributed by atoms with Gasteiger partial charge in [0.25, 0.3) is 5.91 Å². The van der Waals surface area contributed by atoms with E-state index >= 15 is 0 Å². The van der Waals surface area contributed by atoms with Gasteiger partial charge < -0.3 is 10.1 Å². The number of hydrogen-bond donors (Lipinski definition) is 1. The fourth-order valence-corrected chi connectivity index (χ4v) is 4.66. The third-order valence-corrected chi connectivity index (χ3v) is 6.56. The minimum Gasteiger partial charge on any atom is -0.379 e. The number of hydrazone groups is 1. The van der Waals surface area contributed by atoms with Crippen molar-refractivity contribution in [1.82, 2.24) is 14.6 Å². The van der Waals surface area contributed by atoms with Crippen LogP contribution < -0.4 is 5.32 Å². The Morgan fingerprint density at radius 3 is 2.54 bits per heavy atom. The molecule has 2 amide bonds. The van der Waals surface area contributed by atoms with Crippen LogP contribution in [0.4, 0.5) is 0 Å². The summed E-state index contributed by atoms with van der Waals surface area (Å²) in [5, 5.41) is 7.93. The Morgan fingerprint density at radius 1 is 1.18 bits per heavy atom. The van der Waals surface area contributed by atoms with Crippen LogP contribution in [-0.4, -0.2) is 68.6 Å². The summed E-state index contributed by atoms with van der Waals surface area (Å²) in [6, 6.07) is 7.13. The largest absolute Gasteiger partial charge is 0.379 e. The molecule has 0 saturated carbocycles. The van der Waals surface area contributed by atoms with Crippen LogP contribution in [0.15, 0.2) is 29.4 Å². The van der Waals surface area contributed by atoms with E-state index in [4.69, 9.17) is 4.74 Å². The first-order valence-electron chi connectivity index (χ1n) is 9.11. The molecule has 152 valence electrons. The molecular formula is C18H24N4O5S. The molecule has 0 unspecified atom stereocenters. The predicted octanol–water partition coefficient (Wildman–Crippen LogP) is 0.0730. The third-order valence-electron chi connectivity index (χ3n) is 4.73. The summed E-state index contributed by atoms with van der Waals surface area (Å²) in [6.07, 6.45) is 0.541. The Bertz CT molecular complexity index is 878. The normalized spacial score (nSPS) is 18.7. The zero-order valence-electron chi connectivity index (χ0n) is 15.8. The Hall–Kier alpha value is -2.30. The lowest BCUT2D eigenvalue weighted by molar-refractivity contribution is -0.130. The van der Waals surface area contributed by atoms with Crippen LogP contribution in [0.2, 0.25) is 0 Å². The second kappa shape index (κ2) is 8.80. The number of rotatable bonds is 6. The van der Waals surface area contributed by atoms with E-state index in [9.17, 15) is 18.0 Å². The zero-order chi connectivity index (χ0) is 20.1. The molecule has 0 spiro atoms. The quantitative estimate of drug-likeness (QED) is 0.717. The zero-order valence-corrected chi connectivity index (χ0v) is 16.6. The molecule has 2 aliphatic rings. The SMILES string of the molecule is CN1N=C(C(=O)NCc2ccccc2CS(=O)(=O)N2CCOCC2)CCC1=O. The highest BCUT2D eigenvalue weighted by Gasteiger charge is 2.26. The number of ether oxygens (including phenoxy) is 1. The van der Waals surface area contributed by atoms with Gasteiger partial charge in [-0.15, -0.1) is 0 Å². The standard InChI is InChI=1S/C18H24N4O5S/c1-21-17(23)7-6-16(20-21)18(24)19-12-14-4-2-3-5-15(14)13-28(25,26)22-8-10-27-11-9-22/h2-5H,6-13H2,1H3,(H,19,24). The van der Waals surface area contributed by atoms with Crippen molar-refractivity contribution in [3.05, 3.63) is 35.4 Å². The van der Waals surface area contributed by atoms with Gasteiger partial charge in [-0.2, -0.15) is 9.41 Å². The summed E-state index contributed by atoms with van der Waals surface area (Å²) in [6.45, 7) is 1.69. The molecule has 0 radical (unpaired) electrons. The van der Waals surface area contributed by atoms with Gasteiger partial charge in [0.2, 0.25) is 15.9 Å². The number of nitrogens with zero attached hydrogens (tertiary/aromatic N) is 3. The fraction of sp³-hybridized carbons (Fsp3) is 0.500. The molecule has 1 aromatic carbocycles. The molecule has 1 saturated heterocycles. The lowest BCUT2D eigenvalue weighted by atomic mass is 10.1. The van der Waals surface area contributed by atoms with Gasteiger partial charge in [-0.25, -0.2) is 13.4 Å². The van der Waals surface area contributed by atoms with E-state index in [0.717, 1.165) is 5.56 Å². The molecule has 3 rings (SSSR count). The minimum absolute atomic E-state index is 0.128. The van der Waals surface area contributed by atoms with Crippen LogP contribution in [-0.2, 0) is 36.6 Å². The van der Waals surface area contributed by atoms with E-state index in [2.05, 4.69) is 10.4 Å². The molecule has 1 fully saturated rings.